The topological polar surface area (TPSA) is 54.2 Å². The average molecular weight is 330 g/mol. The van der Waals surface area contributed by atoms with Crippen LogP contribution in [0.15, 0.2) is 66.7 Å². The second-order valence-electron chi connectivity index (χ2n) is 6.32. The highest BCUT2D eigenvalue weighted by atomic mass is 15.2. The van der Waals surface area contributed by atoms with Crippen LogP contribution >= 0.6 is 0 Å². The van der Waals surface area contributed by atoms with E-state index in [-0.39, 0.29) is 0 Å². The minimum atomic E-state index is 0.755. The van der Waals surface area contributed by atoms with Crippen LogP contribution in [0.1, 0.15) is 0 Å². The Hall–Kier alpha value is -2.85. The van der Waals surface area contributed by atoms with Crippen LogP contribution in [0.25, 0.3) is 22.4 Å². The fraction of sp³-hybridized carbons (Fsp3) is 0.190. The van der Waals surface area contributed by atoms with Crippen molar-refractivity contribution in [3.05, 3.63) is 66.7 Å². The number of aromatic nitrogens is 1. The SMILES string of the molecule is Nc1cc(-c2ccc(-c3ccccc3)cc2)nc(N2CCNCC2)c1. The lowest BCUT2D eigenvalue weighted by Crippen LogP contribution is -2.43. The summed E-state index contributed by atoms with van der Waals surface area (Å²) in [6.45, 7) is 3.89. The lowest BCUT2D eigenvalue weighted by molar-refractivity contribution is 0.585. The summed E-state index contributed by atoms with van der Waals surface area (Å²) in [4.78, 5) is 7.13. The van der Waals surface area contributed by atoms with Crippen LogP contribution in [0.3, 0.4) is 0 Å². The molecule has 0 atom stereocenters. The highest BCUT2D eigenvalue weighted by Gasteiger charge is 2.13. The van der Waals surface area contributed by atoms with E-state index in [1.54, 1.807) is 0 Å². The Morgan fingerprint density at radius 2 is 1.44 bits per heavy atom. The molecule has 0 bridgehead atoms. The molecule has 0 saturated carbocycles. The molecule has 3 N–H and O–H groups in total. The van der Waals surface area contributed by atoms with Crippen molar-refractivity contribution in [2.45, 2.75) is 0 Å². The van der Waals surface area contributed by atoms with Crippen molar-refractivity contribution in [3.63, 3.8) is 0 Å². The lowest BCUT2D eigenvalue weighted by atomic mass is 10.0. The van der Waals surface area contributed by atoms with E-state index >= 15 is 0 Å². The molecule has 4 heteroatoms. The standard InChI is InChI=1S/C21H22N4/c22-19-14-20(24-21(15-19)25-12-10-23-11-13-25)18-8-6-17(7-9-18)16-4-2-1-3-5-16/h1-9,14-15,23H,10-13H2,(H2,22,24). The number of nitrogens with zero attached hydrogens (tertiary/aromatic N) is 2. The average Bonchev–Trinajstić information content (AvgIpc) is 2.69. The Morgan fingerprint density at radius 3 is 2.16 bits per heavy atom. The Bertz CT molecular complexity index is 838. The third kappa shape index (κ3) is 3.49. The first-order valence-electron chi connectivity index (χ1n) is 8.69. The molecule has 0 unspecified atom stereocenters. The van der Waals surface area contributed by atoms with E-state index < -0.39 is 0 Å². The van der Waals surface area contributed by atoms with Gasteiger partial charge >= 0.3 is 0 Å². The van der Waals surface area contributed by atoms with Gasteiger partial charge in [-0.15, -0.1) is 0 Å². The zero-order valence-corrected chi connectivity index (χ0v) is 14.2. The molecule has 1 aliphatic rings. The molecule has 4 rings (SSSR count). The molecule has 2 aromatic carbocycles. The molecule has 1 fully saturated rings. The molecule has 25 heavy (non-hydrogen) atoms. The molecular formula is C21H22N4. The number of nitrogens with one attached hydrogen (secondary N) is 1. The van der Waals surface area contributed by atoms with Gasteiger partial charge in [0.25, 0.3) is 0 Å². The van der Waals surface area contributed by atoms with Crippen LogP contribution in [0, 0.1) is 0 Å². The van der Waals surface area contributed by atoms with Crippen LogP contribution in [0.4, 0.5) is 11.5 Å². The summed E-state index contributed by atoms with van der Waals surface area (Å²) in [6, 6.07) is 22.8. The minimum Gasteiger partial charge on any atom is -0.399 e. The molecule has 0 radical (unpaired) electrons. The number of rotatable bonds is 3. The summed E-state index contributed by atoms with van der Waals surface area (Å²) < 4.78 is 0. The van der Waals surface area contributed by atoms with Gasteiger partial charge in [-0.25, -0.2) is 4.98 Å². The molecule has 4 nitrogen and oxygen atoms in total. The van der Waals surface area contributed by atoms with Gasteiger partial charge in [0.05, 0.1) is 5.69 Å². The summed E-state index contributed by atoms with van der Waals surface area (Å²) >= 11 is 0. The summed E-state index contributed by atoms with van der Waals surface area (Å²) in [6.07, 6.45) is 0. The van der Waals surface area contributed by atoms with E-state index in [1.807, 2.05) is 18.2 Å². The van der Waals surface area contributed by atoms with Gasteiger partial charge in [-0.1, -0.05) is 54.6 Å². The molecule has 3 aromatic rings. The first-order valence-corrected chi connectivity index (χ1v) is 8.69. The number of hydrogen-bond donors (Lipinski definition) is 2. The highest BCUT2D eigenvalue weighted by Crippen LogP contribution is 2.27. The van der Waals surface area contributed by atoms with Gasteiger partial charge in [0.2, 0.25) is 0 Å². The third-order valence-electron chi connectivity index (χ3n) is 4.56. The molecule has 126 valence electrons. The molecular weight excluding hydrogens is 308 g/mol. The maximum atomic E-state index is 6.14. The van der Waals surface area contributed by atoms with Gasteiger partial charge in [0.15, 0.2) is 0 Å². The van der Waals surface area contributed by atoms with E-state index in [1.165, 1.54) is 11.1 Å². The predicted molar refractivity (Wildman–Crippen MR) is 105 cm³/mol. The predicted octanol–water partition coefficient (Wildman–Crippen LogP) is 3.41. The van der Waals surface area contributed by atoms with E-state index in [2.05, 4.69) is 58.7 Å². The van der Waals surface area contributed by atoms with E-state index in [0.29, 0.717) is 0 Å². The summed E-state index contributed by atoms with van der Waals surface area (Å²) in [5.74, 6) is 0.962. The van der Waals surface area contributed by atoms with Gasteiger partial charge in [0, 0.05) is 43.5 Å². The van der Waals surface area contributed by atoms with Gasteiger partial charge in [0.1, 0.15) is 5.82 Å². The van der Waals surface area contributed by atoms with Gasteiger partial charge < -0.3 is 16.0 Å². The van der Waals surface area contributed by atoms with Crippen LogP contribution in [-0.4, -0.2) is 31.2 Å². The van der Waals surface area contributed by atoms with E-state index in [9.17, 15) is 0 Å². The fourth-order valence-corrected chi connectivity index (χ4v) is 3.20. The normalized spacial score (nSPS) is 14.5. The summed E-state index contributed by atoms with van der Waals surface area (Å²) in [7, 11) is 0. The molecule has 1 aromatic heterocycles. The van der Waals surface area contributed by atoms with Crippen LogP contribution in [-0.2, 0) is 0 Å². The molecule has 0 aliphatic carbocycles. The van der Waals surface area contributed by atoms with E-state index in [4.69, 9.17) is 10.7 Å². The fourth-order valence-electron chi connectivity index (χ4n) is 3.20. The monoisotopic (exact) mass is 330 g/mol. The zero-order valence-electron chi connectivity index (χ0n) is 14.2. The van der Waals surface area contributed by atoms with Gasteiger partial charge in [-0.2, -0.15) is 0 Å². The molecule has 0 amide bonds. The Kier molecular flexibility index (Phi) is 4.36. The first kappa shape index (κ1) is 15.7. The Labute approximate surface area is 148 Å². The summed E-state index contributed by atoms with van der Waals surface area (Å²) in [5, 5.41) is 3.37. The van der Waals surface area contributed by atoms with Crippen molar-refractivity contribution in [1.82, 2.24) is 10.3 Å². The molecule has 2 heterocycles. The Morgan fingerprint density at radius 1 is 0.800 bits per heavy atom. The van der Waals surface area contributed by atoms with Crippen molar-refractivity contribution in [3.8, 4) is 22.4 Å². The van der Waals surface area contributed by atoms with Crippen molar-refractivity contribution in [2.24, 2.45) is 0 Å². The number of nitrogen functional groups attached to an aromatic ring is 1. The second kappa shape index (κ2) is 6.95. The van der Waals surface area contributed by atoms with Crippen molar-refractivity contribution in [2.75, 3.05) is 36.8 Å². The highest BCUT2D eigenvalue weighted by molar-refractivity contribution is 5.71. The molecule has 1 aliphatic heterocycles. The maximum absolute atomic E-state index is 6.14. The van der Waals surface area contributed by atoms with Crippen LogP contribution < -0.4 is 16.0 Å². The minimum absolute atomic E-state index is 0.755. The summed E-state index contributed by atoms with van der Waals surface area (Å²) in [5.41, 5.74) is 11.3. The third-order valence-corrected chi connectivity index (χ3v) is 4.56. The number of anilines is 2. The number of pyridine rings is 1. The zero-order chi connectivity index (χ0) is 17.1. The Balaban J connectivity index is 1.64. The largest absolute Gasteiger partial charge is 0.399 e. The smallest absolute Gasteiger partial charge is 0.131 e. The van der Waals surface area contributed by atoms with Crippen molar-refractivity contribution < 1.29 is 0 Å². The van der Waals surface area contributed by atoms with Crippen molar-refractivity contribution >= 4 is 11.5 Å². The van der Waals surface area contributed by atoms with Crippen LogP contribution in [0.2, 0.25) is 0 Å². The number of hydrogen-bond acceptors (Lipinski definition) is 4. The molecule has 0 spiro atoms. The first-order chi connectivity index (χ1) is 12.3. The number of piperazine rings is 1. The molecule has 1 saturated heterocycles. The van der Waals surface area contributed by atoms with E-state index in [0.717, 1.165) is 48.9 Å². The van der Waals surface area contributed by atoms with Gasteiger partial charge in [-0.05, 0) is 17.2 Å². The lowest BCUT2D eigenvalue weighted by Gasteiger charge is -2.28. The second-order valence-corrected chi connectivity index (χ2v) is 6.32. The maximum Gasteiger partial charge on any atom is 0.131 e. The number of benzene rings is 2. The van der Waals surface area contributed by atoms with Gasteiger partial charge in [-0.3, -0.25) is 0 Å². The van der Waals surface area contributed by atoms with Crippen molar-refractivity contribution in [1.29, 1.82) is 0 Å². The number of nitrogens with two attached hydrogens (primary N) is 1. The van der Waals surface area contributed by atoms with Crippen LogP contribution in [0.5, 0.6) is 0 Å². The quantitative estimate of drug-likeness (QED) is 0.773.